The van der Waals surface area contributed by atoms with Crippen molar-refractivity contribution in [1.82, 2.24) is 0 Å². The van der Waals surface area contributed by atoms with Crippen molar-refractivity contribution in [2.45, 2.75) is 6.10 Å². The van der Waals surface area contributed by atoms with Gasteiger partial charge >= 0.3 is 0 Å². The fourth-order valence-corrected chi connectivity index (χ4v) is 1.43. The number of hydrogen-bond donors (Lipinski definition) is 1. The molecule has 1 nitrogen and oxygen atoms in total. The molecule has 0 spiro atoms. The molecule has 1 N–H and O–H groups in total. The van der Waals surface area contributed by atoms with Crippen molar-refractivity contribution in [2.75, 3.05) is 0 Å². The van der Waals surface area contributed by atoms with Crippen LogP contribution in [-0.4, -0.2) is 5.11 Å². The van der Waals surface area contributed by atoms with E-state index in [-0.39, 0.29) is 5.82 Å². The van der Waals surface area contributed by atoms with Gasteiger partial charge in [-0.3, -0.25) is 0 Å². The summed E-state index contributed by atoms with van der Waals surface area (Å²) < 4.78 is 12.9. The number of benzene rings is 2. The Morgan fingerprint density at radius 3 is 2.47 bits per heavy atom. The molecule has 0 aliphatic rings. The SMILES string of the molecule is O[C@H](C#Cc1ccccc1)c1cccc(F)c1. The molecule has 0 fully saturated rings. The highest BCUT2D eigenvalue weighted by Gasteiger charge is 2.03. The molecular weight excluding hydrogens is 215 g/mol. The quantitative estimate of drug-likeness (QED) is 0.741. The van der Waals surface area contributed by atoms with E-state index in [1.54, 1.807) is 12.1 Å². The number of aliphatic hydroxyl groups excluding tert-OH is 1. The van der Waals surface area contributed by atoms with Gasteiger partial charge in [0.2, 0.25) is 0 Å². The van der Waals surface area contributed by atoms with Crippen LogP contribution in [0.5, 0.6) is 0 Å². The first-order chi connectivity index (χ1) is 8.25. The lowest BCUT2D eigenvalue weighted by Crippen LogP contribution is -1.94. The predicted octanol–water partition coefficient (Wildman–Crippen LogP) is 2.91. The van der Waals surface area contributed by atoms with E-state index in [0.29, 0.717) is 5.56 Å². The molecule has 0 aromatic heterocycles. The number of hydrogen-bond acceptors (Lipinski definition) is 1. The van der Waals surface area contributed by atoms with Crippen molar-refractivity contribution in [3.8, 4) is 11.8 Å². The Hall–Kier alpha value is -2.11. The molecule has 0 unspecified atom stereocenters. The molecule has 17 heavy (non-hydrogen) atoms. The van der Waals surface area contributed by atoms with Gasteiger partial charge in [0.05, 0.1) is 0 Å². The zero-order valence-electron chi connectivity index (χ0n) is 9.10. The zero-order chi connectivity index (χ0) is 12.1. The second kappa shape index (κ2) is 5.29. The maximum atomic E-state index is 12.9. The first-order valence-electron chi connectivity index (χ1n) is 5.26. The zero-order valence-corrected chi connectivity index (χ0v) is 9.10. The summed E-state index contributed by atoms with van der Waals surface area (Å²) in [5, 5.41) is 9.77. The summed E-state index contributed by atoms with van der Waals surface area (Å²) in [6.45, 7) is 0. The van der Waals surface area contributed by atoms with Crippen LogP contribution in [0.3, 0.4) is 0 Å². The van der Waals surface area contributed by atoms with Crippen molar-refractivity contribution >= 4 is 0 Å². The Kier molecular flexibility index (Phi) is 3.54. The highest BCUT2D eigenvalue weighted by molar-refractivity contribution is 5.36. The van der Waals surface area contributed by atoms with Gasteiger partial charge in [0.25, 0.3) is 0 Å². The average Bonchev–Trinajstić information content (AvgIpc) is 2.37. The maximum absolute atomic E-state index is 12.9. The minimum absolute atomic E-state index is 0.372. The van der Waals surface area contributed by atoms with Crippen LogP contribution in [0.1, 0.15) is 17.2 Å². The van der Waals surface area contributed by atoms with Gasteiger partial charge in [-0.15, -0.1) is 0 Å². The van der Waals surface area contributed by atoms with Crippen LogP contribution in [0, 0.1) is 17.7 Å². The van der Waals surface area contributed by atoms with E-state index < -0.39 is 6.10 Å². The maximum Gasteiger partial charge on any atom is 0.140 e. The lowest BCUT2D eigenvalue weighted by atomic mass is 10.1. The van der Waals surface area contributed by atoms with Gasteiger partial charge in [-0.2, -0.15) is 0 Å². The van der Waals surface area contributed by atoms with E-state index >= 15 is 0 Å². The Morgan fingerprint density at radius 1 is 1.00 bits per heavy atom. The summed E-state index contributed by atoms with van der Waals surface area (Å²) in [6, 6.07) is 15.2. The number of aliphatic hydroxyl groups is 1. The summed E-state index contributed by atoms with van der Waals surface area (Å²) in [5.41, 5.74) is 1.29. The smallest absolute Gasteiger partial charge is 0.140 e. The number of rotatable bonds is 1. The first-order valence-corrected chi connectivity index (χ1v) is 5.26. The van der Waals surface area contributed by atoms with Gasteiger partial charge in [0.1, 0.15) is 11.9 Å². The van der Waals surface area contributed by atoms with Crippen LogP contribution in [0.4, 0.5) is 4.39 Å². The second-order valence-electron chi connectivity index (χ2n) is 3.59. The molecule has 2 heteroatoms. The molecule has 0 bridgehead atoms. The molecule has 0 saturated carbocycles. The Bertz CT molecular complexity index is 552. The molecule has 84 valence electrons. The van der Waals surface area contributed by atoms with Gasteiger partial charge in [0.15, 0.2) is 0 Å². The summed E-state index contributed by atoms with van der Waals surface area (Å²) in [7, 11) is 0. The fraction of sp³-hybridized carbons (Fsp3) is 0.0667. The third-order valence-electron chi connectivity index (χ3n) is 2.29. The molecular formula is C15H11FO. The molecule has 0 aliphatic heterocycles. The van der Waals surface area contributed by atoms with Crippen molar-refractivity contribution in [3.05, 3.63) is 71.5 Å². The van der Waals surface area contributed by atoms with E-state index in [0.717, 1.165) is 5.56 Å². The fourth-order valence-electron chi connectivity index (χ4n) is 1.43. The molecule has 0 saturated heterocycles. The third kappa shape index (κ3) is 3.17. The van der Waals surface area contributed by atoms with E-state index in [4.69, 9.17) is 0 Å². The van der Waals surface area contributed by atoms with Gasteiger partial charge in [0, 0.05) is 5.56 Å². The van der Waals surface area contributed by atoms with Crippen molar-refractivity contribution < 1.29 is 9.50 Å². The van der Waals surface area contributed by atoms with Crippen LogP contribution in [-0.2, 0) is 0 Å². The Morgan fingerprint density at radius 2 is 1.76 bits per heavy atom. The molecule has 2 rings (SSSR count). The number of halogens is 1. The van der Waals surface area contributed by atoms with E-state index in [1.807, 2.05) is 30.3 Å². The van der Waals surface area contributed by atoms with Gasteiger partial charge in [-0.05, 0) is 29.8 Å². The minimum atomic E-state index is -0.967. The average molecular weight is 226 g/mol. The highest BCUT2D eigenvalue weighted by Crippen LogP contribution is 2.13. The van der Waals surface area contributed by atoms with Gasteiger partial charge in [-0.1, -0.05) is 42.2 Å². The lowest BCUT2D eigenvalue weighted by molar-refractivity contribution is 0.238. The van der Waals surface area contributed by atoms with E-state index in [1.165, 1.54) is 12.1 Å². The first kappa shape index (κ1) is 11.4. The summed E-state index contributed by atoms with van der Waals surface area (Å²) in [6.07, 6.45) is -0.967. The molecule has 0 amide bonds. The van der Waals surface area contributed by atoms with Crippen LogP contribution < -0.4 is 0 Å². The largest absolute Gasteiger partial charge is 0.376 e. The lowest BCUT2D eigenvalue weighted by Gasteiger charge is -2.02. The van der Waals surface area contributed by atoms with Gasteiger partial charge < -0.3 is 5.11 Å². The van der Waals surface area contributed by atoms with E-state index in [2.05, 4.69) is 11.8 Å². The van der Waals surface area contributed by atoms with E-state index in [9.17, 15) is 9.50 Å². The summed E-state index contributed by atoms with van der Waals surface area (Å²) >= 11 is 0. The van der Waals surface area contributed by atoms with Gasteiger partial charge in [-0.25, -0.2) is 4.39 Å². The topological polar surface area (TPSA) is 20.2 Å². The standard InChI is InChI=1S/C15H11FO/c16-14-8-4-7-13(11-14)15(17)10-9-12-5-2-1-3-6-12/h1-8,11,15,17H/t15-/m1/s1. The molecule has 0 aliphatic carbocycles. The molecule has 0 radical (unpaired) electrons. The molecule has 1 atom stereocenters. The van der Waals surface area contributed by atoms with Crippen molar-refractivity contribution in [2.24, 2.45) is 0 Å². The van der Waals surface area contributed by atoms with Crippen LogP contribution in [0.15, 0.2) is 54.6 Å². The summed E-state index contributed by atoms with van der Waals surface area (Å²) in [5.74, 6) is 5.15. The molecule has 0 heterocycles. The minimum Gasteiger partial charge on any atom is -0.376 e. The normalized spacial score (nSPS) is 11.4. The Labute approximate surface area is 99.5 Å². The monoisotopic (exact) mass is 226 g/mol. The highest BCUT2D eigenvalue weighted by atomic mass is 19.1. The Balaban J connectivity index is 2.18. The second-order valence-corrected chi connectivity index (χ2v) is 3.59. The van der Waals surface area contributed by atoms with Crippen molar-refractivity contribution in [3.63, 3.8) is 0 Å². The van der Waals surface area contributed by atoms with Crippen molar-refractivity contribution in [1.29, 1.82) is 0 Å². The summed E-state index contributed by atoms with van der Waals surface area (Å²) in [4.78, 5) is 0. The molecule has 2 aromatic carbocycles. The predicted molar refractivity (Wildman–Crippen MR) is 64.7 cm³/mol. The molecule has 2 aromatic rings. The van der Waals surface area contributed by atoms with Crippen LogP contribution in [0.2, 0.25) is 0 Å². The van der Waals surface area contributed by atoms with Crippen LogP contribution >= 0.6 is 0 Å². The van der Waals surface area contributed by atoms with Crippen LogP contribution in [0.25, 0.3) is 0 Å². The third-order valence-corrected chi connectivity index (χ3v) is 2.29.